The third-order valence-electron chi connectivity index (χ3n) is 5.89. The maximum atomic E-state index is 13.7. The van der Waals surface area contributed by atoms with Gasteiger partial charge in [0.05, 0.1) is 17.9 Å². The van der Waals surface area contributed by atoms with Crippen molar-refractivity contribution in [1.82, 2.24) is 0 Å². The lowest BCUT2D eigenvalue weighted by Crippen LogP contribution is -2.49. The number of rotatable bonds is 3. The minimum atomic E-state index is -0.797. The van der Waals surface area contributed by atoms with Crippen molar-refractivity contribution in [3.63, 3.8) is 0 Å². The fourth-order valence-corrected chi connectivity index (χ4v) is 4.51. The summed E-state index contributed by atoms with van der Waals surface area (Å²) in [5.74, 6) is 0.453. The zero-order chi connectivity index (χ0) is 19.9. The fraction of sp³-hybridized carbons (Fsp3) is 0.333. The number of hydrogen-bond acceptors (Lipinski definition) is 4. The molecule has 0 saturated carbocycles. The number of methoxy groups -OCH3 is 1. The molecule has 0 unspecified atom stereocenters. The van der Waals surface area contributed by atoms with Crippen LogP contribution in [0.5, 0.6) is 5.75 Å². The van der Waals surface area contributed by atoms with Crippen molar-refractivity contribution in [2.45, 2.75) is 32.8 Å². The van der Waals surface area contributed by atoms with Crippen LogP contribution in [-0.4, -0.2) is 18.9 Å². The van der Waals surface area contributed by atoms with E-state index in [-0.39, 0.29) is 11.8 Å². The Hall–Kier alpha value is -2.88. The first-order valence-corrected chi connectivity index (χ1v) is 9.53. The summed E-state index contributed by atoms with van der Waals surface area (Å²) in [6.45, 7) is 3.71. The highest BCUT2D eigenvalue weighted by molar-refractivity contribution is 6.26. The standard InChI is InChI=1S/C24H24O4/c1-23(2)15-24(13-12-19(20(24)25)16-8-5-4-6-9-16)21(28-22(23)26)17-10-7-11-18(14-17)27-3/h4-12,14,21H,13,15H2,1-3H3/t21-,24-/m0/s1. The maximum Gasteiger partial charge on any atom is 0.312 e. The van der Waals surface area contributed by atoms with Gasteiger partial charge in [0.2, 0.25) is 0 Å². The van der Waals surface area contributed by atoms with Crippen molar-refractivity contribution in [1.29, 1.82) is 0 Å². The van der Waals surface area contributed by atoms with E-state index in [9.17, 15) is 9.59 Å². The van der Waals surface area contributed by atoms with Gasteiger partial charge in [-0.15, -0.1) is 0 Å². The normalized spacial score (nSPS) is 26.1. The Morgan fingerprint density at radius 2 is 1.79 bits per heavy atom. The van der Waals surface area contributed by atoms with Gasteiger partial charge in [-0.3, -0.25) is 9.59 Å². The van der Waals surface area contributed by atoms with Crippen molar-refractivity contribution >= 4 is 17.3 Å². The van der Waals surface area contributed by atoms with Crippen LogP contribution in [0.3, 0.4) is 0 Å². The Bertz CT molecular complexity index is 958. The second-order valence-electron chi connectivity index (χ2n) is 8.30. The molecule has 1 heterocycles. The Kier molecular flexibility index (Phi) is 4.37. The molecule has 1 aliphatic heterocycles. The first kappa shape index (κ1) is 18.5. The lowest BCUT2D eigenvalue weighted by atomic mass is 9.63. The molecule has 4 heteroatoms. The first-order chi connectivity index (χ1) is 13.4. The van der Waals surface area contributed by atoms with Crippen LogP contribution in [0.4, 0.5) is 0 Å². The lowest BCUT2D eigenvalue weighted by Gasteiger charge is -2.46. The van der Waals surface area contributed by atoms with Gasteiger partial charge in [-0.25, -0.2) is 0 Å². The summed E-state index contributed by atoms with van der Waals surface area (Å²) in [7, 11) is 1.60. The number of hydrogen-bond donors (Lipinski definition) is 0. The van der Waals surface area contributed by atoms with Crippen LogP contribution < -0.4 is 4.74 Å². The average molecular weight is 376 g/mol. The van der Waals surface area contributed by atoms with Gasteiger partial charge in [-0.05, 0) is 49.9 Å². The summed E-state index contributed by atoms with van der Waals surface area (Å²) in [5.41, 5.74) is 0.893. The van der Waals surface area contributed by atoms with E-state index in [0.717, 1.165) is 11.1 Å². The highest BCUT2D eigenvalue weighted by Gasteiger charge is 2.59. The maximum absolute atomic E-state index is 13.7. The van der Waals surface area contributed by atoms with Crippen molar-refractivity contribution in [3.8, 4) is 5.75 Å². The number of benzene rings is 2. The molecule has 144 valence electrons. The summed E-state index contributed by atoms with van der Waals surface area (Å²) >= 11 is 0. The molecule has 2 aromatic carbocycles. The highest BCUT2D eigenvalue weighted by atomic mass is 16.5. The number of esters is 1. The van der Waals surface area contributed by atoms with Crippen LogP contribution in [0, 0.1) is 10.8 Å². The van der Waals surface area contributed by atoms with Crippen molar-refractivity contribution in [3.05, 3.63) is 71.8 Å². The van der Waals surface area contributed by atoms with Crippen molar-refractivity contribution in [2.24, 2.45) is 10.8 Å². The predicted molar refractivity (Wildman–Crippen MR) is 107 cm³/mol. The van der Waals surface area contributed by atoms with Crippen LogP contribution in [0.25, 0.3) is 5.57 Å². The van der Waals surface area contributed by atoms with Gasteiger partial charge in [0.1, 0.15) is 11.9 Å². The zero-order valence-electron chi connectivity index (χ0n) is 16.4. The molecule has 2 aromatic rings. The third kappa shape index (κ3) is 2.84. The van der Waals surface area contributed by atoms with Gasteiger partial charge in [-0.1, -0.05) is 48.5 Å². The second-order valence-corrected chi connectivity index (χ2v) is 8.30. The van der Waals surface area contributed by atoms with E-state index in [4.69, 9.17) is 9.47 Å². The Balaban J connectivity index is 1.79. The van der Waals surface area contributed by atoms with E-state index >= 15 is 0 Å². The number of ether oxygens (including phenoxy) is 2. The molecular formula is C24H24O4. The van der Waals surface area contributed by atoms with Crippen LogP contribution in [0.1, 0.15) is 43.9 Å². The molecule has 4 nitrogen and oxygen atoms in total. The van der Waals surface area contributed by atoms with Crippen LogP contribution in [-0.2, 0) is 14.3 Å². The van der Waals surface area contributed by atoms with E-state index in [1.165, 1.54) is 0 Å². The molecule has 4 rings (SSSR count). The van der Waals surface area contributed by atoms with Gasteiger partial charge < -0.3 is 9.47 Å². The monoisotopic (exact) mass is 376 g/mol. The summed E-state index contributed by atoms with van der Waals surface area (Å²) in [6, 6.07) is 17.1. The molecule has 1 spiro atoms. The molecule has 1 saturated heterocycles. The number of Topliss-reactive ketones (excluding diaryl/α,β-unsaturated/α-hetero) is 1. The van der Waals surface area contributed by atoms with Gasteiger partial charge >= 0.3 is 5.97 Å². The number of ketones is 1. The van der Waals surface area contributed by atoms with E-state index in [2.05, 4.69) is 0 Å². The van der Waals surface area contributed by atoms with Crippen molar-refractivity contribution < 1.29 is 19.1 Å². The fourth-order valence-electron chi connectivity index (χ4n) is 4.51. The van der Waals surface area contributed by atoms with Crippen LogP contribution in [0.2, 0.25) is 0 Å². The summed E-state index contributed by atoms with van der Waals surface area (Å²) in [4.78, 5) is 26.4. The van der Waals surface area contributed by atoms with Crippen LogP contribution >= 0.6 is 0 Å². The molecule has 1 aliphatic carbocycles. The molecule has 0 radical (unpaired) electrons. The topological polar surface area (TPSA) is 52.6 Å². The summed E-state index contributed by atoms with van der Waals surface area (Å²) in [5, 5.41) is 0. The average Bonchev–Trinajstić information content (AvgIpc) is 3.01. The van der Waals surface area contributed by atoms with Gasteiger partial charge in [0, 0.05) is 5.57 Å². The van der Waals surface area contributed by atoms with Crippen molar-refractivity contribution in [2.75, 3.05) is 7.11 Å². The van der Waals surface area contributed by atoms with E-state index < -0.39 is 16.9 Å². The van der Waals surface area contributed by atoms with E-state index in [1.807, 2.05) is 74.5 Å². The number of cyclic esters (lactones) is 1. The molecule has 0 N–H and O–H groups in total. The molecule has 28 heavy (non-hydrogen) atoms. The highest BCUT2D eigenvalue weighted by Crippen LogP contribution is 2.58. The largest absolute Gasteiger partial charge is 0.497 e. The molecule has 0 bridgehead atoms. The molecule has 2 aliphatic rings. The first-order valence-electron chi connectivity index (χ1n) is 9.53. The smallest absolute Gasteiger partial charge is 0.312 e. The number of allylic oxidation sites excluding steroid dienone is 2. The van der Waals surface area contributed by atoms with Crippen LogP contribution in [0.15, 0.2) is 60.7 Å². The number of carbonyl (C=O) groups excluding carboxylic acids is 2. The second kappa shape index (κ2) is 6.62. The summed E-state index contributed by atoms with van der Waals surface area (Å²) < 4.78 is 11.3. The minimum Gasteiger partial charge on any atom is -0.497 e. The third-order valence-corrected chi connectivity index (χ3v) is 5.89. The molecule has 0 amide bonds. The molecular weight excluding hydrogens is 352 g/mol. The van der Waals surface area contributed by atoms with E-state index in [1.54, 1.807) is 7.11 Å². The van der Waals surface area contributed by atoms with Gasteiger partial charge in [-0.2, -0.15) is 0 Å². The SMILES string of the molecule is COc1cccc([C@@H]2OC(=O)C(C)(C)C[C@]23CC=C(c2ccccc2)C3=O)c1. The lowest BCUT2D eigenvalue weighted by molar-refractivity contribution is -0.186. The Morgan fingerprint density at radius 3 is 2.50 bits per heavy atom. The Labute approximate surface area is 165 Å². The van der Waals surface area contributed by atoms with E-state index in [0.29, 0.717) is 24.2 Å². The minimum absolute atomic E-state index is 0.0482. The quantitative estimate of drug-likeness (QED) is 0.725. The Morgan fingerprint density at radius 1 is 1.04 bits per heavy atom. The number of carbonyl (C=O) groups is 2. The molecule has 1 fully saturated rings. The molecule has 0 aromatic heterocycles. The predicted octanol–water partition coefficient (Wildman–Crippen LogP) is 4.75. The molecule has 2 atom stereocenters. The summed E-state index contributed by atoms with van der Waals surface area (Å²) in [6.07, 6.45) is 2.37. The van der Waals surface area contributed by atoms with Gasteiger partial charge in [0.25, 0.3) is 0 Å². The van der Waals surface area contributed by atoms with Gasteiger partial charge in [0.15, 0.2) is 5.78 Å². The zero-order valence-corrected chi connectivity index (χ0v) is 16.4.